The lowest BCUT2D eigenvalue weighted by molar-refractivity contribution is -0.142. The number of esters is 1. The summed E-state index contributed by atoms with van der Waals surface area (Å²) in [5.41, 5.74) is 4.23. The molecule has 0 aliphatic carbocycles. The van der Waals surface area contributed by atoms with Crippen molar-refractivity contribution in [1.82, 2.24) is 10.2 Å². The average molecular weight is 633 g/mol. The molecule has 11 heteroatoms. The molecule has 0 fully saturated rings. The quantitative estimate of drug-likeness (QED) is 0.164. The zero-order valence-corrected chi connectivity index (χ0v) is 24.9. The van der Waals surface area contributed by atoms with Crippen LogP contribution in [0.3, 0.4) is 0 Å². The average Bonchev–Trinajstić information content (AvgIpc) is 3.07. The van der Waals surface area contributed by atoms with Gasteiger partial charge >= 0.3 is 24.3 Å². The molecular weight excluding hydrogens is 601 g/mol. The monoisotopic (exact) mass is 632 g/mol. The summed E-state index contributed by atoms with van der Waals surface area (Å²) in [4.78, 5) is 39.3. The summed E-state index contributed by atoms with van der Waals surface area (Å²) in [5, 5.41) is 2.49. The second-order valence-corrected chi connectivity index (χ2v) is 10.7. The van der Waals surface area contributed by atoms with Crippen LogP contribution >= 0.6 is 0 Å². The van der Waals surface area contributed by atoms with Gasteiger partial charge in [0, 0.05) is 19.6 Å². The highest BCUT2D eigenvalue weighted by atomic mass is 19.4. The fourth-order valence-electron chi connectivity index (χ4n) is 5.12. The third kappa shape index (κ3) is 8.03. The molecule has 2 amide bonds. The number of halogens is 3. The van der Waals surface area contributed by atoms with Crippen LogP contribution in [0, 0.1) is 0 Å². The Morgan fingerprint density at radius 1 is 0.870 bits per heavy atom. The van der Waals surface area contributed by atoms with Crippen LogP contribution in [0.4, 0.5) is 22.8 Å². The Kier molecular flexibility index (Phi) is 9.90. The number of hydrogen-bond donors (Lipinski definition) is 1. The first kappa shape index (κ1) is 32.1. The van der Waals surface area contributed by atoms with Crippen molar-refractivity contribution >= 4 is 18.2 Å². The van der Waals surface area contributed by atoms with E-state index in [0.717, 1.165) is 34.4 Å². The van der Waals surface area contributed by atoms with Crippen LogP contribution in [0.1, 0.15) is 33.7 Å². The lowest BCUT2D eigenvalue weighted by atomic mass is 9.96. The van der Waals surface area contributed by atoms with Gasteiger partial charge < -0.3 is 24.4 Å². The van der Waals surface area contributed by atoms with Gasteiger partial charge in [0.05, 0.1) is 18.6 Å². The number of nitrogens with zero attached hydrogens (tertiary/aromatic N) is 1. The Balaban J connectivity index is 1.14. The Morgan fingerprint density at radius 3 is 2.24 bits per heavy atom. The first-order valence-electron chi connectivity index (χ1n) is 14.5. The second-order valence-electron chi connectivity index (χ2n) is 10.7. The maximum absolute atomic E-state index is 12.8. The van der Waals surface area contributed by atoms with E-state index in [1.54, 1.807) is 24.3 Å². The molecule has 0 spiro atoms. The molecule has 0 radical (unpaired) electrons. The molecule has 1 N–H and O–H groups in total. The first-order chi connectivity index (χ1) is 22.1. The summed E-state index contributed by atoms with van der Waals surface area (Å²) in [5.74, 6) is -0.888. The fourth-order valence-corrected chi connectivity index (χ4v) is 5.12. The van der Waals surface area contributed by atoms with Crippen LogP contribution in [-0.4, -0.2) is 43.3 Å². The summed E-state index contributed by atoms with van der Waals surface area (Å²) in [6.45, 7) is 0.402. The molecule has 1 aliphatic rings. The Labute approximate surface area is 263 Å². The molecule has 0 aromatic heterocycles. The molecule has 238 valence electrons. The summed E-state index contributed by atoms with van der Waals surface area (Å²) >= 11 is 0. The van der Waals surface area contributed by atoms with Crippen molar-refractivity contribution in [2.45, 2.75) is 31.7 Å². The molecule has 0 saturated heterocycles. The molecule has 1 unspecified atom stereocenters. The lowest BCUT2D eigenvalue weighted by Gasteiger charge is -2.28. The van der Waals surface area contributed by atoms with Gasteiger partial charge in [-0.2, -0.15) is 13.2 Å². The van der Waals surface area contributed by atoms with Crippen molar-refractivity contribution < 1.29 is 41.8 Å². The SMILES string of the molecule is COC(=O)C(CNC(=O)OC(=O)N1CCc2ccc(OCc3ccc(C(F)(F)F)cc3)cc2C1)c1ccc(-c2ccccc2)cc1. The summed E-state index contributed by atoms with van der Waals surface area (Å²) < 4.78 is 54.2. The van der Waals surface area contributed by atoms with Crippen LogP contribution in [-0.2, 0) is 40.0 Å². The van der Waals surface area contributed by atoms with Gasteiger partial charge in [0.2, 0.25) is 0 Å². The highest BCUT2D eigenvalue weighted by Gasteiger charge is 2.30. The number of rotatable bonds is 8. The molecule has 4 aromatic carbocycles. The van der Waals surface area contributed by atoms with E-state index in [1.165, 1.54) is 24.1 Å². The van der Waals surface area contributed by atoms with Crippen molar-refractivity contribution in [2.24, 2.45) is 0 Å². The lowest BCUT2D eigenvalue weighted by Crippen LogP contribution is -2.40. The van der Waals surface area contributed by atoms with Crippen LogP contribution in [0.25, 0.3) is 11.1 Å². The largest absolute Gasteiger partial charge is 0.489 e. The number of carbonyl (C=O) groups is 3. The van der Waals surface area contributed by atoms with E-state index in [-0.39, 0.29) is 19.7 Å². The van der Waals surface area contributed by atoms with Crippen molar-refractivity contribution in [3.8, 4) is 16.9 Å². The standard InChI is InChI=1S/C35H31F3N2O6/c1-44-32(41)31(27-11-9-25(10-12-27)24-5-3-2-4-6-24)20-39-33(42)46-34(43)40-18-17-26-13-16-30(19-28(26)21-40)45-22-23-7-14-29(15-8-23)35(36,37)38/h2-16,19,31H,17-18,20-22H2,1H3,(H,39,42). The maximum atomic E-state index is 12.8. The highest BCUT2D eigenvalue weighted by molar-refractivity contribution is 5.85. The number of fused-ring (bicyclic) bond motifs is 1. The Bertz CT molecular complexity index is 1680. The normalized spacial score (nSPS) is 13.3. The van der Waals surface area contributed by atoms with Gasteiger partial charge in [-0.1, -0.05) is 72.8 Å². The molecule has 0 bridgehead atoms. The van der Waals surface area contributed by atoms with Crippen molar-refractivity contribution in [3.05, 3.63) is 125 Å². The van der Waals surface area contributed by atoms with Gasteiger partial charge in [-0.25, -0.2) is 9.59 Å². The first-order valence-corrected chi connectivity index (χ1v) is 14.5. The smallest absolute Gasteiger partial charge is 0.419 e. The van der Waals surface area contributed by atoms with E-state index in [4.69, 9.17) is 14.2 Å². The van der Waals surface area contributed by atoms with Crippen molar-refractivity contribution in [1.29, 1.82) is 0 Å². The van der Waals surface area contributed by atoms with E-state index in [1.807, 2.05) is 48.5 Å². The topological polar surface area (TPSA) is 94.2 Å². The summed E-state index contributed by atoms with van der Waals surface area (Å²) in [6.07, 6.45) is -5.73. The predicted molar refractivity (Wildman–Crippen MR) is 163 cm³/mol. The fraction of sp³-hybridized carbons (Fsp3) is 0.229. The van der Waals surface area contributed by atoms with Crippen molar-refractivity contribution in [2.75, 3.05) is 20.2 Å². The van der Waals surface area contributed by atoms with Gasteiger partial charge in [0.25, 0.3) is 0 Å². The number of benzene rings is 4. The van der Waals surface area contributed by atoms with E-state index < -0.39 is 35.8 Å². The molecule has 8 nitrogen and oxygen atoms in total. The minimum Gasteiger partial charge on any atom is -0.489 e. The Hall–Kier alpha value is -5.32. The number of alkyl carbamates (subject to hydrolysis) is 1. The second kappa shape index (κ2) is 14.2. The predicted octanol–water partition coefficient (Wildman–Crippen LogP) is 7.11. The number of alkyl halides is 3. The number of carbonyl (C=O) groups excluding carboxylic acids is 3. The number of methoxy groups -OCH3 is 1. The molecular formula is C35H31F3N2O6. The summed E-state index contributed by atoms with van der Waals surface area (Å²) in [6, 6.07) is 27.2. The minimum absolute atomic E-state index is 0.0621. The molecule has 46 heavy (non-hydrogen) atoms. The van der Waals surface area contributed by atoms with Gasteiger partial charge in [-0.05, 0) is 64.1 Å². The molecule has 0 saturated carbocycles. The van der Waals surface area contributed by atoms with Crippen molar-refractivity contribution in [3.63, 3.8) is 0 Å². The molecule has 1 aliphatic heterocycles. The van der Waals surface area contributed by atoms with Crippen LogP contribution < -0.4 is 10.1 Å². The minimum atomic E-state index is -4.41. The van der Waals surface area contributed by atoms with Crippen LogP contribution in [0.2, 0.25) is 0 Å². The third-order valence-electron chi connectivity index (χ3n) is 7.67. The summed E-state index contributed by atoms with van der Waals surface area (Å²) in [7, 11) is 1.26. The van der Waals surface area contributed by atoms with E-state index in [0.29, 0.717) is 29.8 Å². The van der Waals surface area contributed by atoms with Crippen LogP contribution in [0.5, 0.6) is 5.75 Å². The highest BCUT2D eigenvalue weighted by Crippen LogP contribution is 2.30. The number of ether oxygens (including phenoxy) is 3. The number of hydrogen-bond acceptors (Lipinski definition) is 6. The van der Waals surface area contributed by atoms with Crippen LogP contribution in [0.15, 0.2) is 97.1 Å². The van der Waals surface area contributed by atoms with E-state index in [2.05, 4.69) is 5.32 Å². The van der Waals surface area contributed by atoms with Gasteiger partial charge in [0.1, 0.15) is 12.4 Å². The van der Waals surface area contributed by atoms with E-state index in [9.17, 15) is 27.6 Å². The number of amides is 2. The molecule has 5 rings (SSSR count). The maximum Gasteiger partial charge on any atom is 0.419 e. The molecule has 1 atom stereocenters. The molecule has 1 heterocycles. The zero-order chi connectivity index (χ0) is 32.7. The van der Waals surface area contributed by atoms with Gasteiger partial charge in [0.15, 0.2) is 0 Å². The van der Waals surface area contributed by atoms with E-state index >= 15 is 0 Å². The third-order valence-corrected chi connectivity index (χ3v) is 7.67. The van der Waals surface area contributed by atoms with Gasteiger partial charge in [-0.15, -0.1) is 0 Å². The Morgan fingerprint density at radius 2 is 1.57 bits per heavy atom. The zero-order valence-electron chi connectivity index (χ0n) is 24.9. The van der Waals surface area contributed by atoms with Gasteiger partial charge in [-0.3, -0.25) is 4.79 Å². The molecule has 4 aromatic rings. The number of nitrogens with one attached hydrogen (secondary N) is 1.